The molecule has 1 heterocycles. The smallest absolute Gasteiger partial charge is 0.309 e. The number of ether oxygens (including phenoxy) is 2. The summed E-state index contributed by atoms with van der Waals surface area (Å²) in [5.41, 5.74) is 0.969. The minimum Gasteiger partial charge on any atom is -0.493 e. The van der Waals surface area contributed by atoms with Gasteiger partial charge in [0.05, 0.1) is 24.5 Å². The first kappa shape index (κ1) is 18.3. The summed E-state index contributed by atoms with van der Waals surface area (Å²) in [5, 5.41) is 2.55. The number of esters is 1. The van der Waals surface area contributed by atoms with Crippen molar-refractivity contribution in [3.8, 4) is 5.75 Å². The molecular formula is C16H21NO6S. The van der Waals surface area contributed by atoms with Crippen molar-refractivity contribution in [3.63, 3.8) is 0 Å². The molecule has 24 heavy (non-hydrogen) atoms. The number of benzene rings is 1. The van der Waals surface area contributed by atoms with E-state index >= 15 is 0 Å². The minimum atomic E-state index is -3.05. The summed E-state index contributed by atoms with van der Waals surface area (Å²) in [7, 11) is -3.05. The Morgan fingerprint density at radius 2 is 2.04 bits per heavy atom. The lowest BCUT2D eigenvalue weighted by Gasteiger charge is -2.11. The topological polar surface area (TPSA) is 98.8 Å². The van der Waals surface area contributed by atoms with Gasteiger partial charge in [-0.15, -0.1) is 0 Å². The van der Waals surface area contributed by atoms with Crippen LogP contribution in [0.15, 0.2) is 24.3 Å². The zero-order valence-corrected chi connectivity index (χ0v) is 14.3. The van der Waals surface area contributed by atoms with Crippen LogP contribution in [-0.4, -0.2) is 51.1 Å². The largest absolute Gasteiger partial charge is 0.493 e. The van der Waals surface area contributed by atoms with E-state index in [9.17, 15) is 18.0 Å². The third-order valence-corrected chi connectivity index (χ3v) is 5.39. The van der Waals surface area contributed by atoms with Gasteiger partial charge in [-0.2, -0.15) is 0 Å². The van der Waals surface area contributed by atoms with Gasteiger partial charge in [0, 0.05) is 6.04 Å². The Balaban J connectivity index is 1.62. The second-order valence-corrected chi connectivity index (χ2v) is 7.92. The zero-order chi connectivity index (χ0) is 17.6. The molecule has 8 heteroatoms. The van der Waals surface area contributed by atoms with Gasteiger partial charge in [-0.1, -0.05) is 18.2 Å². The SMILES string of the molecule is Cc1ccccc1OCCC(=O)OCC(=O)N[C@@H]1CCS(=O)(=O)C1. The number of rotatable bonds is 7. The lowest BCUT2D eigenvalue weighted by molar-refractivity contribution is -0.149. The van der Waals surface area contributed by atoms with Gasteiger partial charge in [-0.25, -0.2) is 8.42 Å². The van der Waals surface area contributed by atoms with Crippen LogP contribution in [0.25, 0.3) is 0 Å². The van der Waals surface area contributed by atoms with Crippen LogP contribution >= 0.6 is 0 Å². The number of carbonyl (C=O) groups is 2. The lowest BCUT2D eigenvalue weighted by atomic mass is 10.2. The molecule has 0 unspecified atom stereocenters. The Labute approximate surface area is 141 Å². The maximum atomic E-state index is 11.6. The van der Waals surface area contributed by atoms with Crippen molar-refractivity contribution < 1.29 is 27.5 Å². The molecule has 1 fully saturated rings. The van der Waals surface area contributed by atoms with Crippen molar-refractivity contribution in [1.29, 1.82) is 0 Å². The number of hydrogen-bond acceptors (Lipinski definition) is 6. The normalized spacial score (nSPS) is 18.8. The average Bonchev–Trinajstić information content (AvgIpc) is 2.86. The third kappa shape index (κ3) is 5.84. The maximum Gasteiger partial charge on any atom is 0.309 e. The van der Waals surface area contributed by atoms with Gasteiger partial charge in [0.15, 0.2) is 16.4 Å². The molecule has 0 radical (unpaired) electrons. The molecule has 0 bridgehead atoms. The van der Waals surface area contributed by atoms with Crippen molar-refractivity contribution in [3.05, 3.63) is 29.8 Å². The fourth-order valence-electron chi connectivity index (χ4n) is 2.36. The number of aryl methyl sites for hydroxylation is 1. The van der Waals surface area contributed by atoms with Gasteiger partial charge in [0.25, 0.3) is 5.91 Å². The van der Waals surface area contributed by atoms with Crippen molar-refractivity contribution in [2.45, 2.75) is 25.8 Å². The van der Waals surface area contributed by atoms with Gasteiger partial charge >= 0.3 is 5.97 Å². The molecule has 1 N–H and O–H groups in total. The average molecular weight is 355 g/mol. The Morgan fingerprint density at radius 3 is 2.71 bits per heavy atom. The predicted octanol–water partition coefficient (Wildman–Crippen LogP) is 0.610. The fraction of sp³-hybridized carbons (Fsp3) is 0.500. The van der Waals surface area contributed by atoms with E-state index in [-0.39, 0.29) is 24.5 Å². The summed E-state index contributed by atoms with van der Waals surface area (Å²) < 4.78 is 32.9. The number of hydrogen-bond donors (Lipinski definition) is 1. The molecule has 0 spiro atoms. The Morgan fingerprint density at radius 1 is 1.29 bits per heavy atom. The van der Waals surface area contributed by atoms with Crippen molar-refractivity contribution in [1.82, 2.24) is 5.32 Å². The van der Waals surface area contributed by atoms with Gasteiger partial charge in [-0.3, -0.25) is 9.59 Å². The first-order valence-corrected chi connectivity index (χ1v) is 9.52. The monoisotopic (exact) mass is 355 g/mol. The number of para-hydroxylation sites is 1. The summed E-state index contributed by atoms with van der Waals surface area (Å²) in [6.07, 6.45) is 0.422. The molecule has 1 aliphatic heterocycles. The van der Waals surface area contributed by atoms with Crippen LogP contribution in [0.3, 0.4) is 0 Å². The van der Waals surface area contributed by atoms with Crippen molar-refractivity contribution >= 4 is 21.7 Å². The van der Waals surface area contributed by atoms with E-state index < -0.39 is 34.4 Å². The summed E-state index contributed by atoms with van der Waals surface area (Å²) in [5.74, 6) is -0.321. The van der Waals surface area contributed by atoms with E-state index in [2.05, 4.69) is 5.32 Å². The molecule has 0 aliphatic carbocycles. The van der Waals surface area contributed by atoms with E-state index in [4.69, 9.17) is 9.47 Å². The van der Waals surface area contributed by atoms with Crippen LogP contribution in [0.5, 0.6) is 5.75 Å². The van der Waals surface area contributed by atoms with Crippen LogP contribution in [0.1, 0.15) is 18.4 Å². The van der Waals surface area contributed by atoms with Crippen molar-refractivity contribution in [2.24, 2.45) is 0 Å². The van der Waals surface area contributed by atoms with Gasteiger partial charge in [0.2, 0.25) is 0 Å². The molecule has 132 valence electrons. The standard InChI is InChI=1S/C16H21NO6S/c1-12-4-2-3-5-14(12)22-8-6-16(19)23-10-15(18)17-13-7-9-24(20,21)11-13/h2-5,13H,6-11H2,1H3,(H,17,18)/t13-/m1/s1. The molecule has 1 atom stereocenters. The number of carbonyl (C=O) groups excluding carboxylic acids is 2. The second kappa shape index (κ2) is 8.14. The van der Waals surface area contributed by atoms with Gasteiger partial charge in [0.1, 0.15) is 5.75 Å². The minimum absolute atomic E-state index is 0.0272. The number of amides is 1. The van der Waals surface area contributed by atoms with Crippen LogP contribution < -0.4 is 10.1 Å². The highest BCUT2D eigenvalue weighted by Crippen LogP contribution is 2.16. The molecule has 1 saturated heterocycles. The molecule has 1 amide bonds. The highest BCUT2D eigenvalue weighted by molar-refractivity contribution is 7.91. The summed E-state index contributed by atoms with van der Waals surface area (Å²) in [6, 6.07) is 7.05. The Kier molecular flexibility index (Phi) is 6.19. The summed E-state index contributed by atoms with van der Waals surface area (Å²) >= 11 is 0. The molecular weight excluding hydrogens is 334 g/mol. The van der Waals surface area contributed by atoms with Crippen LogP contribution in [0.4, 0.5) is 0 Å². The third-order valence-electron chi connectivity index (χ3n) is 3.62. The second-order valence-electron chi connectivity index (χ2n) is 5.69. The Hall–Kier alpha value is -2.09. The first-order valence-electron chi connectivity index (χ1n) is 7.69. The van der Waals surface area contributed by atoms with E-state index in [1.54, 1.807) is 0 Å². The Bertz CT molecular complexity index is 700. The molecule has 1 aromatic carbocycles. The fourth-order valence-corrected chi connectivity index (χ4v) is 4.03. The maximum absolute atomic E-state index is 11.6. The van der Waals surface area contributed by atoms with Crippen LogP contribution in [0.2, 0.25) is 0 Å². The van der Waals surface area contributed by atoms with Gasteiger partial charge < -0.3 is 14.8 Å². The summed E-state index contributed by atoms with van der Waals surface area (Å²) in [4.78, 5) is 23.2. The number of nitrogens with one attached hydrogen (secondary N) is 1. The van der Waals surface area contributed by atoms with Gasteiger partial charge in [-0.05, 0) is 25.0 Å². The quantitative estimate of drug-likeness (QED) is 0.720. The summed E-state index contributed by atoms with van der Waals surface area (Å²) in [6.45, 7) is 1.65. The highest BCUT2D eigenvalue weighted by atomic mass is 32.2. The van der Waals surface area contributed by atoms with E-state index in [0.29, 0.717) is 12.2 Å². The predicted molar refractivity (Wildman–Crippen MR) is 87.5 cm³/mol. The van der Waals surface area contributed by atoms with Crippen LogP contribution in [-0.2, 0) is 24.2 Å². The zero-order valence-electron chi connectivity index (χ0n) is 13.5. The highest BCUT2D eigenvalue weighted by Gasteiger charge is 2.28. The molecule has 1 aliphatic rings. The lowest BCUT2D eigenvalue weighted by Crippen LogP contribution is -2.38. The van der Waals surface area contributed by atoms with Crippen LogP contribution in [0, 0.1) is 6.92 Å². The first-order chi connectivity index (χ1) is 11.4. The molecule has 1 aromatic rings. The molecule has 2 rings (SSSR count). The number of sulfone groups is 1. The van der Waals surface area contributed by atoms with E-state index in [0.717, 1.165) is 5.56 Å². The molecule has 0 aromatic heterocycles. The molecule has 0 saturated carbocycles. The van der Waals surface area contributed by atoms with E-state index in [1.165, 1.54) is 0 Å². The van der Waals surface area contributed by atoms with E-state index in [1.807, 2.05) is 31.2 Å². The van der Waals surface area contributed by atoms with Crippen molar-refractivity contribution in [2.75, 3.05) is 24.7 Å². The molecule has 7 nitrogen and oxygen atoms in total.